The largest absolute Gasteiger partial charge is 0.463 e. The van der Waals surface area contributed by atoms with Crippen molar-refractivity contribution in [3.8, 4) is 0 Å². The highest BCUT2D eigenvalue weighted by molar-refractivity contribution is 6.47. The molecule has 0 spiro atoms. The summed E-state index contributed by atoms with van der Waals surface area (Å²) in [4.78, 5) is 0. The fourth-order valence-corrected chi connectivity index (χ4v) is 1.12. The monoisotopic (exact) mass is 168 g/mol. The van der Waals surface area contributed by atoms with Gasteiger partial charge in [-0.2, -0.15) is 0 Å². The zero-order valence-corrected chi connectivity index (χ0v) is 8.17. The maximum absolute atomic E-state index is 5.55. The van der Waals surface area contributed by atoms with Crippen LogP contribution in [-0.2, 0) is 9.31 Å². The molecular formula is C9H17BO2. The minimum atomic E-state index is -0.0875. The summed E-state index contributed by atoms with van der Waals surface area (Å²) < 4.78 is 11.1. The Kier molecular flexibility index (Phi) is 2.96. The van der Waals surface area contributed by atoms with Crippen LogP contribution < -0.4 is 0 Å². The molecule has 0 bridgehead atoms. The molecule has 0 aliphatic carbocycles. The van der Waals surface area contributed by atoms with Gasteiger partial charge in [-0.3, -0.25) is 0 Å². The van der Waals surface area contributed by atoms with Crippen molar-refractivity contribution in [2.45, 2.75) is 26.6 Å². The highest BCUT2D eigenvalue weighted by atomic mass is 16.6. The van der Waals surface area contributed by atoms with E-state index in [0.717, 1.165) is 13.2 Å². The van der Waals surface area contributed by atoms with Crippen LogP contribution in [0.15, 0.2) is 12.7 Å². The first kappa shape index (κ1) is 9.81. The zero-order chi connectivity index (χ0) is 9.19. The average molecular weight is 168 g/mol. The molecule has 2 nitrogen and oxygen atoms in total. The molecule has 1 aliphatic heterocycles. The Morgan fingerprint density at radius 3 is 2.33 bits per heavy atom. The van der Waals surface area contributed by atoms with Gasteiger partial charge in [-0.15, -0.1) is 6.58 Å². The number of rotatable bonds is 2. The van der Waals surface area contributed by atoms with E-state index in [2.05, 4.69) is 27.4 Å². The highest BCUT2D eigenvalue weighted by Crippen LogP contribution is 2.25. The van der Waals surface area contributed by atoms with Crippen molar-refractivity contribution in [1.82, 2.24) is 0 Å². The van der Waals surface area contributed by atoms with Crippen molar-refractivity contribution >= 4 is 7.12 Å². The number of hydrogen-bond acceptors (Lipinski definition) is 2. The second kappa shape index (κ2) is 3.63. The van der Waals surface area contributed by atoms with Crippen LogP contribution in [0.2, 0.25) is 5.82 Å². The molecule has 0 aromatic heterocycles. The lowest BCUT2D eigenvalue weighted by molar-refractivity contribution is 0.0263. The Morgan fingerprint density at radius 1 is 1.42 bits per heavy atom. The van der Waals surface area contributed by atoms with Crippen molar-refractivity contribution in [1.29, 1.82) is 0 Å². The summed E-state index contributed by atoms with van der Waals surface area (Å²) in [5.41, 5.74) is 0.164. The molecule has 68 valence electrons. The molecule has 0 saturated carbocycles. The van der Waals surface area contributed by atoms with Crippen LogP contribution >= 0.6 is 0 Å². The Morgan fingerprint density at radius 2 is 1.92 bits per heavy atom. The van der Waals surface area contributed by atoms with Crippen LogP contribution in [0.3, 0.4) is 0 Å². The van der Waals surface area contributed by atoms with Crippen LogP contribution in [0.4, 0.5) is 0 Å². The second-order valence-electron chi connectivity index (χ2n) is 4.25. The van der Waals surface area contributed by atoms with E-state index in [1.54, 1.807) is 0 Å². The maximum Gasteiger partial charge on any atom is 0.463 e. The van der Waals surface area contributed by atoms with E-state index >= 15 is 0 Å². The summed E-state index contributed by atoms with van der Waals surface area (Å²) >= 11 is 0. The summed E-state index contributed by atoms with van der Waals surface area (Å²) in [6, 6.07) is 0. The van der Waals surface area contributed by atoms with Crippen LogP contribution in [0.25, 0.3) is 0 Å². The topological polar surface area (TPSA) is 18.5 Å². The van der Waals surface area contributed by atoms with Crippen molar-refractivity contribution in [3.05, 3.63) is 12.7 Å². The zero-order valence-electron chi connectivity index (χ0n) is 8.17. The average Bonchev–Trinajstić information content (AvgIpc) is 2.03. The van der Waals surface area contributed by atoms with Crippen LogP contribution in [0.5, 0.6) is 0 Å². The smallest absolute Gasteiger partial charge is 0.410 e. The normalized spacial score (nSPS) is 25.1. The van der Waals surface area contributed by atoms with Crippen molar-refractivity contribution < 1.29 is 9.31 Å². The molecule has 1 heterocycles. The minimum Gasteiger partial charge on any atom is -0.410 e. The molecule has 1 atom stereocenters. The van der Waals surface area contributed by atoms with Gasteiger partial charge in [-0.25, -0.2) is 0 Å². The first-order valence-electron chi connectivity index (χ1n) is 4.41. The summed E-state index contributed by atoms with van der Waals surface area (Å²) in [5, 5.41) is 0. The molecule has 1 fully saturated rings. The first-order chi connectivity index (χ1) is 5.55. The quantitative estimate of drug-likeness (QED) is 0.464. The molecule has 0 unspecified atom stereocenters. The lowest BCUT2D eigenvalue weighted by Gasteiger charge is -2.34. The van der Waals surface area contributed by atoms with Gasteiger partial charge in [0.2, 0.25) is 0 Å². The lowest BCUT2D eigenvalue weighted by atomic mass is 9.71. The molecule has 12 heavy (non-hydrogen) atoms. The third kappa shape index (κ3) is 2.36. The first-order valence-corrected chi connectivity index (χ1v) is 4.41. The van der Waals surface area contributed by atoms with Gasteiger partial charge in [0.1, 0.15) is 0 Å². The van der Waals surface area contributed by atoms with Crippen molar-refractivity contribution in [2.75, 3.05) is 13.2 Å². The Labute approximate surface area is 75.1 Å². The van der Waals surface area contributed by atoms with E-state index in [9.17, 15) is 0 Å². The predicted octanol–water partition coefficient (Wildman–Crippen LogP) is 2.12. The van der Waals surface area contributed by atoms with E-state index in [1.807, 2.05) is 6.08 Å². The third-order valence-electron chi connectivity index (χ3n) is 2.08. The van der Waals surface area contributed by atoms with Gasteiger partial charge < -0.3 is 9.31 Å². The molecule has 0 N–H and O–H groups in total. The summed E-state index contributed by atoms with van der Waals surface area (Å²) in [7, 11) is -0.0875. The van der Waals surface area contributed by atoms with E-state index in [0.29, 0.717) is 0 Å². The van der Waals surface area contributed by atoms with E-state index in [4.69, 9.17) is 9.31 Å². The van der Waals surface area contributed by atoms with Gasteiger partial charge in [0.15, 0.2) is 0 Å². The van der Waals surface area contributed by atoms with Gasteiger partial charge in [-0.1, -0.05) is 26.8 Å². The molecule has 1 aliphatic rings. The Hall–Kier alpha value is -0.275. The standard InChI is InChI=1S/C9H17BO2/c1-5-8(2)10-11-6-9(3,4)7-12-10/h5,8H,1,6-7H2,2-4H3/t8-/m0/s1. The van der Waals surface area contributed by atoms with Gasteiger partial charge in [0.25, 0.3) is 0 Å². The predicted molar refractivity (Wildman–Crippen MR) is 51.1 cm³/mol. The lowest BCUT2D eigenvalue weighted by Crippen LogP contribution is -2.42. The molecule has 3 heteroatoms. The number of allylic oxidation sites excluding steroid dienone is 1. The molecular weight excluding hydrogens is 151 g/mol. The third-order valence-corrected chi connectivity index (χ3v) is 2.08. The van der Waals surface area contributed by atoms with Gasteiger partial charge in [-0.05, 0) is 0 Å². The van der Waals surface area contributed by atoms with Gasteiger partial charge in [0, 0.05) is 24.4 Å². The van der Waals surface area contributed by atoms with Crippen LogP contribution in [0, 0.1) is 5.41 Å². The molecule has 1 rings (SSSR count). The highest BCUT2D eigenvalue weighted by Gasteiger charge is 2.34. The van der Waals surface area contributed by atoms with Gasteiger partial charge in [0.05, 0.1) is 0 Å². The van der Waals surface area contributed by atoms with E-state index in [-0.39, 0.29) is 18.4 Å². The fraction of sp³-hybridized carbons (Fsp3) is 0.778. The molecule has 0 aromatic carbocycles. The summed E-state index contributed by atoms with van der Waals surface area (Å²) in [6.45, 7) is 11.6. The van der Waals surface area contributed by atoms with Crippen molar-refractivity contribution in [3.63, 3.8) is 0 Å². The summed E-state index contributed by atoms with van der Waals surface area (Å²) in [5.74, 6) is 0.279. The molecule has 0 aromatic rings. The second-order valence-corrected chi connectivity index (χ2v) is 4.25. The minimum absolute atomic E-state index is 0.0875. The molecule has 0 amide bonds. The maximum atomic E-state index is 5.55. The summed E-state index contributed by atoms with van der Waals surface area (Å²) in [6.07, 6.45) is 1.86. The Bertz CT molecular complexity index is 158. The van der Waals surface area contributed by atoms with Crippen molar-refractivity contribution in [2.24, 2.45) is 5.41 Å². The van der Waals surface area contributed by atoms with Crippen LogP contribution in [0.1, 0.15) is 20.8 Å². The van der Waals surface area contributed by atoms with Gasteiger partial charge >= 0.3 is 7.12 Å². The molecule has 0 radical (unpaired) electrons. The Balaban J connectivity index is 2.40. The fourth-order valence-electron chi connectivity index (χ4n) is 1.12. The van der Waals surface area contributed by atoms with Crippen LogP contribution in [-0.4, -0.2) is 20.3 Å². The number of hydrogen-bond donors (Lipinski definition) is 0. The van der Waals surface area contributed by atoms with E-state index < -0.39 is 0 Å². The van der Waals surface area contributed by atoms with E-state index in [1.165, 1.54) is 0 Å². The SMILES string of the molecule is C=C[C@H](C)B1OCC(C)(C)CO1. The molecule has 1 saturated heterocycles.